The molecule has 2 heterocycles. The van der Waals surface area contributed by atoms with Crippen molar-refractivity contribution < 1.29 is 0 Å². The largest absolute Gasteiger partial charge is 0.369 e. The predicted molar refractivity (Wildman–Crippen MR) is 76.5 cm³/mol. The van der Waals surface area contributed by atoms with Gasteiger partial charge in [-0.2, -0.15) is 0 Å². The molecule has 1 aromatic rings. The molecule has 2 rings (SSSR count). The fraction of sp³-hybridized carbons (Fsp3) is 0.692. The molecule has 1 aliphatic heterocycles. The fourth-order valence-electron chi connectivity index (χ4n) is 2.74. The zero-order valence-electron chi connectivity index (χ0n) is 10.9. The zero-order chi connectivity index (χ0) is 13.2. The number of halogens is 2. The molecule has 0 saturated carbocycles. The molecule has 3 nitrogen and oxygen atoms in total. The van der Waals surface area contributed by atoms with E-state index in [2.05, 4.69) is 28.9 Å². The highest BCUT2D eigenvalue weighted by Crippen LogP contribution is 2.40. The summed E-state index contributed by atoms with van der Waals surface area (Å²) in [7, 11) is 0. The van der Waals surface area contributed by atoms with Crippen LogP contribution in [0.15, 0.2) is 6.07 Å². The Morgan fingerprint density at radius 1 is 1.17 bits per heavy atom. The molecule has 0 N–H and O–H groups in total. The highest BCUT2D eigenvalue weighted by atomic mass is 35.5. The monoisotopic (exact) mass is 287 g/mol. The van der Waals surface area contributed by atoms with Gasteiger partial charge in [-0.05, 0) is 18.3 Å². The highest BCUT2D eigenvalue weighted by molar-refractivity contribution is 6.33. The van der Waals surface area contributed by atoms with Crippen LogP contribution in [0.2, 0.25) is 10.3 Å². The molecule has 1 fully saturated rings. The molecule has 5 heteroatoms. The highest BCUT2D eigenvalue weighted by Gasteiger charge is 2.32. The summed E-state index contributed by atoms with van der Waals surface area (Å²) in [6.45, 7) is 6.61. The van der Waals surface area contributed by atoms with E-state index in [4.69, 9.17) is 23.2 Å². The van der Waals surface area contributed by atoms with Gasteiger partial charge >= 0.3 is 0 Å². The van der Waals surface area contributed by atoms with Gasteiger partial charge in [0.05, 0.1) is 5.69 Å². The number of hydrogen-bond acceptors (Lipinski definition) is 3. The molecule has 0 amide bonds. The minimum atomic E-state index is 0.400. The minimum Gasteiger partial charge on any atom is -0.369 e. The lowest BCUT2D eigenvalue weighted by molar-refractivity contribution is 0.199. The first-order chi connectivity index (χ1) is 8.60. The van der Waals surface area contributed by atoms with E-state index in [0.717, 1.165) is 18.8 Å². The van der Waals surface area contributed by atoms with Crippen LogP contribution in [0.25, 0.3) is 0 Å². The van der Waals surface area contributed by atoms with Crippen molar-refractivity contribution >= 4 is 28.9 Å². The lowest BCUT2D eigenvalue weighted by Gasteiger charge is -2.42. The van der Waals surface area contributed by atoms with Crippen LogP contribution in [0.4, 0.5) is 5.69 Å². The Morgan fingerprint density at radius 3 is 2.33 bits per heavy atom. The smallest absolute Gasteiger partial charge is 0.175 e. The summed E-state index contributed by atoms with van der Waals surface area (Å²) >= 11 is 12.0. The van der Waals surface area contributed by atoms with Gasteiger partial charge < -0.3 is 4.90 Å². The average molecular weight is 288 g/mol. The maximum absolute atomic E-state index is 6.09. The van der Waals surface area contributed by atoms with Crippen LogP contribution in [0.5, 0.6) is 0 Å². The molecule has 18 heavy (non-hydrogen) atoms. The van der Waals surface area contributed by atoms with E-state index in [0.29, 0.717) is 15.7 Å². The summed E-state index contributed by atoms with van der Waals surface area (Å²) in [4.78, 5) is 2.27. The summed E-state index contributed by atoms with van der Waals surface area (Å²) in [6.07, 6.45) is 4.91. The van der Waals surface area contributed by atoms with Crippen LogP contribution in [0, 0.1) is 5.41 Å². The molecular weight excluding hydrogens is 269 g/mol. The van der Waals surface area contributed by atoms with Crippen LogP contribution < -0.4 is 4.90 Å². The summed E-state index contributed by atoms with van der Waals surface area (Å²) in [5.41, 5.74) is 1.42. The van der Waals surface area contributed by atoms with E-state index in [1.807, 2.05) is 6.07 Å². The summed E-state index contributed by atoms with van der Waals surface area (Å²) in [5, 5.41) is 8.47. The van der Waals surface area contributed by atoms with E-state index in [1.165, 1.54) is 25.7 Å². The number of anilines is 1. The molecule has 0 bridgehead atoms. The molecule has 0 radical (unpaired) electrons. The number of hydrogen-bond donors (Lipinski definition) is 0. The summed E-state index contributed by atoms with van der Waals surface area (Å²) in [5.74, 6) is 0. The number of nitrogens with zero attached hydrogens (tertiary/aromatic N) is 3. The second-order valence-corrected chi connectivity index (χ2v) is 5.78. The molecule has 0 atom stereocenters. The van der Waals surface area contributed by atoms with Crippen molar-refractivity contribution in [1.82, 2.24) is 10.2 Å². The maximum Gasteiger partial charge on any atom is 0.175 e. The van der Waals surface area contributed by atoms with Crippen molar-refractivity contribution in [1.29, 1.82) is 0 Å². The first kappa shape index (κ1) is 13.9. The molecular formula is C13H19Cl2N3. The molecule has 0 spiro atoms. The van der Waals surface area contributed by atoms with Crippen LogP contribution in [0.3, 0.4) is 0 Å². The normalized spacial score (nSPS) is 19.0. The fourth-order valence-corrected chi connectivity index (χ4v) is 3.10. The van der Waals surface area contributed by atoms with E-state index < -0.39 is 0 Å². The van der Waals surface area contributed by atoms with Crippen molar-refractivity contribution in [2.24, 2.45) is 5.41 Å². The Balaban J connectivity index is 2.12. The van der Waals surface area contributed by atoms with Gasteiger partial charge in [-0.15, -0.1) is 10.2 Å². The molecule has 1 saturated heterocycles. The molecule has 0 aromatic carbocycles. The van der Waals surface area contributed by atoms with Crippen molar-refractivity contribution in [3.63, 3.8) is 0 Å². The maximum atomic E-state index is 6.09. The van der Waals surface area contributed by atoms with Gasteiger partial charge in [0.2, 0.25) is 0 Å². The van der Waals surface area contributed by atoms with Gasteiger partial charge in [0.25, 0.3) is 0 Å². The topological polar surface area (TPSA) is 29.0 Å². The number of aromatic nitrogens is 2. The Bertz CT molecular complexity index is 409. The summed E-state index contributed by atoms with van der Waals surface area (Å²) < 4.78 is 0. The van der Waals surface area contributed by atoms with Crippen molar-refractivity contribution in [2.75, 3.05) is 18.0 Å². The van der Waals surface area contributed by atoms with Crippen molar-refractivity contribution in [3.8, 4) is 0 Å². The first-order valence-corrected chi connectivity index (χ1v) is 7.29. The van der Waals surface area contributed by atoms with Crippen molar-refractivity contribution in [2.45, 2.75) is 39.5 Å². The average Bonchev–Trinajstić information content (AvgIpc) is 2.42. The van der Waals surface area contributed by atoms with Crippen LogP contribution in [0.1, 0.15) is 39.5 Å². The number of rotatable bonds is 3. The lowest BCUT2D eigenvalue weighted by Crippen LogP contribution is -2.39. The minimum absolute atomic E-state index is 0.400. The van der Waals surface area contributed by atoms with Crippen molar-refractivity contribution in [3.05, 3.63) is 16.4 Å². The van der Waals surface area contributed by atoms with Gasteiger partial charge in [0.1, 0.15) is 0 Å². The van der Waals surface area contributed by atoms with Crippen LogP contribution >= 0.6 is 23.2 Å². The Hall–Kier alpha value is -0.540. The Kier molecular flexibility index (Phi) is 4.33. The third kappa shape index (κ3) is 2.72. The van der Waals surface area contributed by atoms with E-state index in [1.54, 1.807) is 0 Å². The van der Waals surface area contributed by atoms with Crippen LogP contribution in [-0.2, 0) is 0 Å². The zero-order valence-corrected chi connectivity index (χ0v) is 12.4. The van der Waals surface area contributed by atoms with E-state index >= 15 is 0 Å². The van der Waals surface area contributed by atoms with Gasteiger partial charge in [-0.3, -0.25) is 0 Å². The molecule has 0 unspecified atom stereocenters. The van der Waals surface area contributed by atoms with Gasteiger partial charge in [-0.1, -0.05) is 49.9 Å². The predicted octanol–water partition coefficient (Wildman–Crippen LogP) is 4.19. The van der Waals surface area contributed by atoms with Gasteiger partial charge in [-0.25, -0.2) is 0 Å². The molecule has 0 aliphatic carbocycles. The third-order valence-corrected chi connectivity index (χ3v) is 4.82. The van der Waals surface area contributed by atoms with Crippen LogP contribution in [-0.4, -0.2) is 23.3 Å². The first-order valence-electron chi connectivity index (χ1n) is 6.54. The molecule has 1 aliphatic rings. The lowest BCUT2D eigenvalue weighted by atomic mass is 9.74. The number of piperidine rings is 1. The third-order valence-electron chi connectivity index (χ3n) is 4.37. The Morgan fingerprint density at radius 2 is 1.78 bits per heavy atom. The quantitative estimate of drug-likeness (QED) is 0.835. The molecule has 1 aromatic heterocycles. The second kappa shape index (κ2) is 5.62. The SMILES string of the molecule is CCC1(CC)CCN(c2cc(Cl)nnc2Cl)CC1. The second-order valence-electron chi connectivity index (χ2n) is 5.04. The van der Waals surface area contributed by atoms with Gasteiger partial charge in [0, 0.05) is 19.2 Å². The van der Waals surface area contributed by atoms with E-state index in [9.17, 15) is 0 Å². The standard InChI is InChI=1S/C13H19Cl2N3/c1-3-13(4-2)5-7-18(8-6-13)10-9-11(14)16-17-12(10)15/h9H,3-8H2,1-2H3. The molecule has 100 valence electrons. The summed E-state index contributed by atoms with van der Waals surface area (Å²) in [6, 6.07) is 1.81. The van der Waals surface area contributed by atoms with E-state index in [-0.39, 0.29) is 0 Å². The Labute approximate surface area is 118 Å². The van der Waals surface area contributed by atoms with Gasteiger partial charge in [0.15, 0.2) is 10.3 Å².